The van der Waals surface area contributed by atoms with Crippen LogP contribution >= 0.6 is 0 Å². The molecule has 0 saturated heterocycles. The van der Waals surface area contributed by atoms with Gasteiger partial charge in [0.2, 0.25) is 0 Å². The molecule has 0 fully saturated rings. The Morgan fingerprint density at radius 3 is 2.67 bits per heavy atom. The molecule has 1 N–H and O–H groups in total. The summed E-state index contributed by atoms with van der Waals surface area (Å²) in [5.74, 6) is -1.03. The molecule has 1 aromatic heterocycles. The minimum Gasteiger partial charge on any atom is -0.478 e. The maximum absolute atomic E-state index is 11.3. The fourth-order valence-corrected chi connectivity index (χ4v) is 3.92. The molecule has 33 heavy (non-hydrogen) atoms. The van der Waals surface area contributed by atoms with E-state index < -0.39 is 11.6 Å². The largest absolute Gasteiger partial charge is 0.478 e. The van der Waals surface area contributed by atoms with Gasteiger partial charge in [0.1, 0.15) is 11.9 Å². The van der Waals surface area contributed by atoms with E-state index in [1.54, 1.807) is 30.6 Å². The highest BCUT2D eigenvalue weighted by atomic mass is 16.5. The van der Waals surface area contributed by atoms with Crippen molar-refractivity contribution in [2.75, 3.05) is 0 Å². The molecule has 0 amide bonds. The number of aromatic nitrogens is 1. The second kappa shape index (κ2) is 10.0. The third kappa shape index (κ3) is 5.22. The van der Waals surface area contributed by atoms with Gasteiger partial charge in [0.25, 0.3) is 0 Å². The Morgan fingerprint density at radius 2 is 1.94 bits per heavy atom. The minimum atomic E-state index is -1.03. The Bertz CT molecular complexity index is 1230. The molecule has 164 valence electrons. The molecule has 1 unspecified atom stereocenters. The number of aliphatic carboxylic acids is 1. The number of carboxylic acids is 1. The van der Waals surface area contributed by atoms with E-state index in [4.69, 9.17) is 4.74 Å². The molecule has 0 radical (unpaired) electrons. The maximum atomic E-state index is 11.3. The first-order chi connectivity index (χ1) is 16.1. The fraction of sp³-hybridized carbons (Fsp3) is 0.107. The van der Waals surface area contributed by atoms with Crippen LogP contribution in [0.25, 0.3) is 5.57 Å². The van der Waals surface area contributed by atoms with Gasteiger partial charge in [0.05, 0.1) is 6.61 Å². The summed E-state index contributed by atoms with van der Waals surface area (Å²) in [4.78, 5) is 26.9. The standard InChI is InChI=1S/C28H23NO4/c30-19-22-8-4-9-23(16-22)26-13-14-28(25-10-5-15-29-18-25,17-24(26)11-12-27(31)32)33-20-21-6-2-1-3-7-21/h1-16,18-19H,17,20H2,(H,31,32). The van der Waals surface area contributed by atoms with Crippen LogP contribution in [-0.4, -0.2) is 22.3 Å². The van der Waals surface area contributed by atoms with E-state index in [2.05, 4.69) is 4.98 Å². The van der Waals surface area contributed by atoms with Crippen LogP contribution in [0.2, 0.25) is 0 Å². The van der Waals surface area contributed by atoms with Crippen LogP contribution < -0.4 is 0 Å². The lowest BCUT2D eigenvalue weighted by molar-refractivity contribution is -0.131. The lowest BCUT2D eigenvalue weighted by atomic mass is 9.79. The number of nitrogens with zero attached hydrogens (tertiary/aromatic N) is 1. The summed E-state index contributed by atoms with van der Waals surface area (Å²) in [6.45, 7) is 0.381. The Hall–Kier alpha value is -4.09. The smallest absolute Gasteiger partial charge is 0.328 e. The summed E-state index contributed by atoms with van der Waals surface area (Å²) in [7, 11) is 0. The van der Waals surface area contributed by atoms with Crippen molar-refractivity contribution in [1.82, 2.24) is 4.98 Å². The number of carbonyl (C=O) groups is 2. The molecule has 2 aromatic carbocycles. The third-order valence-electron chi connectivity index (χ3n) is 5.57. The molecule has 3 aromatic rings. The highest BCUT2D eigenvalue weighted by Gasteiger charge is 2.35. The molecule has 0 spiro atoms. The lowest BCUT2D eigenvalue weighted by Gasteiger charge is -2.35. The Kier molecular flexibility index (Phi) is 6.72. The van der Waals surface area contributed by atoms with E-state index in [1.165, 1.54) is 0 Å². The van der Waals surface area contributed by atoms with Gasteiger partial charge < -0.3 is 9.84 Å². The van der Waals surface area contributed by atoms with Gasteiger partial charge in [-0.1, -0.05) is 66.7 Å². The molecule has 5 heteroatoms. The van der Waals surface area contributed by atoms with Gasteiger partial charge >= 0.3 is 5.97 Å². The topological polar surface area (TPSA) is 76.5 Å². The summed E-state index contributed by atoms with van der Waals surface area (Å²) in [5, 5.41) is 9.27. The Balaban J connectivity index is 1.77. The average molecular weight is 437 g/mol. The maximum Gasteiger partial charge on any atom is 0.328 e. The van der Waals surface area contributed by atoms with E-state index in [0.29, 0.717) is 18.6 Å². The van der Waals surface area contributed by atoms with Gasteiger partial charge in [0, 0.05) is 36.0 Å². The first kappa shape index (κ1) is 22.1. The zero-order valence-electron chi connectivity index (χ0n) is 17.9. The Labute approximate surface area is 192 Å². The van der Waals surface area contributed by atoms with E-state index in [9.17, 15) is 14.7 Å². The number of hydrogen-bond donors (Lipinski definition) is 1. The summed E-state index contributed by atoms with van der Waals surface area (Å²) < 4.78 is 6.51. The van der Waals surface area contributed by atoms with Gasteiger partial charge in [0.15, 0.2) is 0 Å². The van der Waals surface area contributed by atoms with Crippen molar-refractivity contribution in [3.05, 3.63) is 131 Å². The van der Waals surface area contributed by atoms with Crippen molar-refractivity contribution in [2.45, 2.75) is 18.6 Å². The van der Waals surface area contributed by atoms with Crippen LogP contribution in [0.3, 0.4) is 0 Å². The molecule has 1 aliphatic carbocycles. The first-order valence-corrected chi connectivity index (χ1v) is 10.6. The summed E-state index contributed by atoms with van der Waals surface area (Å²) >= 11 is 0. The van der Waals surface area contributed by atoms with E-state index in [-0.39, 0.29) is 0 Å². The van der Waals surface area contributed by atoms with E-state index in [1.807, 2.05) is 66.7 Å². The van der Waals surface area contributed by atoms with Crippen molar-refractivity contribution in [1.29, 1.82) is 0 Å². The van der Waals surface area contributed by atoms with Gasteiger partial charge in [-0.2, -0.15) is 0 Å². The monoisotopic (exact) mass is 437 g/mol. The molecule has 1 heterocycles. The number of ether oxygens (including phenoxy) is 1. The molecule has 4 rings (SSSR count). The van der Waals surface area contributed by atoms with Crippen LogP contribution in [0.15, 0.2) is 109 Å². The second-order valence-electron chi connectivity index (χ2n) is 7.77. The van der Waals surface area contributed by atoms with Crippen LogP contribution in [0, 0.1) is 0 Å². The van der Waals surface area contributed by atoms with E-state index >= 15 is 0 Å². The molecule has 0 bridgehead atoms. The number of pyridine rings is 1. The summed E-state index contributed by atoms with van der Waals surface area (Å²) in [5.41, 5.74) is 4.11. The molecular formula is C28H23NO4. The number of allylic oxidation sites excluding steroid dienone is 3. The third-order valence-corrected chi connectivity index (χ3v) is 5.57. The molecule has 0 aliphatic heterocycles. The number of carbonyl (C=O) groups excluding carboxylic acids is 1. The fourth-order valence-electron chi connectivity index (χ4n) is 3.92. The minimum absolute atomic E-state index is 0.381. The number of benzene rings is 2. The van der Waals surface area contributed by atoms with E-state index in [0.717, 1.165) is 40.2 Å². The van der Waals surface area contributed by atoms with Crippen molar-refractivity contribution in [2.24, 2.45) is 0 Å². The lowest BCUT2D eigenvalue weighted by Crippen LogP contribution is -2.30. The Morgan fingerprint density at radius 1 is 1.09 bits per heavy atom. The molecule has 1 aliphatic rings. The quantitative estimate of drug-likeness (QED) is 0.379. The number of rotatable bonds is 8. The molecule has 5 nitrogen and oxygen atoms in total. The SMILES string of the molecule is O=Cc1cccc(C2=C(C=CC(=O)O)CC(OCc3ccccc3)(c3cccnc3)C=C2)c1. The van der Waals surface area contributed by atoms with Gasteiger partial charge in [-0.3, -0.25) is 9.78 Å². The molecule has 0 saturated carbocycles. The zero-order chi connectivity index (χ0) is 23.1. The normalized spacial score (nSPS) is 17.9. The highest BCUT2D eigenvalue weighted by Crippen LogP contribution is 2.42. The van der Waals surface area contributed by atoms with Crippen molar-refractivity contribution < 1.29 is 19.4 Å². The predicted octanol–water partition coefficient (Wildman–Crippen LogP) is 5.36. The van der Waals surface area contributed by atoms with Crippen molar-refractivity contribution in [3.63, 3.8) is 0 Å². The van der Waals surface area contributed by atoms with Gasteiger partial charge in [-0.05, 0) is 40.5 Å². The number of hydrogen-bond acceptors (Lipinski definition) is 4. The van der Waals surface area contributed by atoms with Crippen molar-refractivity contribution >= 4 is 17.8 Å². The van der Waals surface area contributed by atoms with Gasteiger partial charge in [-0.15, -0.1) is 0 Å². The molecule has 1 atom stereocenters. The first-order valence-electron chi connectivity index (χ1n) is 10.6. The number of aldehydes is 1. The number of carboxylic acid groups (broad SMARTS) is 1. The average Bonchev–Trinajstić information content (AvgIpc) is 2.87. The van der Waals surface area contributed by atoms with Gasteiger partial charge in [-0.25, -0.2) is 4.79 Å². The van der Waals surface area contributed by atoms with Crippen LogP contribution in [-0.2, 0) is 21.7 Å². The van der Waals surface area contributed by atoms with Crippen LogP contribution in [0.5, 0.6) is 0 Å². The highest BCUT2D eigenvalue weighted by molar-refractivity contribution is 5.86. The molecular weight excluding hydrogens is 414 g/mol. The van der Waals surface area contributed by atoms with Crippen molar-refractivity contribution in [3.8, 4) is 0 Å². The summed E-state index contributed by atoms with van der Waals surface area (Å²) in [6.07, 6.45) is 11.3. The summed E-state index contributed by atoms with van der Waals surface area (Å²) in [6, 6.07) is 20.9. The van der Waals surface area contributed by atoms with Crippen LogP contribution in [0.4, 0.5) is 0 Å². The predicted molar refractivity (Wildman–Crippen MR) is 126 cm³/mol. The zero-order valence-corrected chi connectivity index (χ0v) is 17.9. The second-order valence-corrected chi connectivity index (χ2v) is 7.77. The van der Waals surface area contributed by atoms with Crippen LogP contribution in [0.1, 0.15) is 33.5 Å².